The third-order valence-electron chi connectivity index (χ3n) is 2.68. The molecule has 0 bridgehead atoms. The molecule has 0 aromatic carbocycles. The van der Waals surface area contributed by atoms with Gasteiger partial charge >= 0.3 is 0 Å². The summed E-state index contributed by atoms with van der Waals surface area (Å²) in [4.78, 5) is 4.75. The summed E-state index contributed by atoms with van der Waals surface area (Å²) in [7, 11) is 0. The van der Waals surface area contributed by atoms with E-state index < -0.39 is 0 Å². The zero-order chi connectivity index (χ0) is 11.4. The van der Waals surface area contributed by atoms with E-state index in [4.69, 9.17) is 0 Å². The summed E-state index contributed by atoms with van der Waals surface area (Å²) in [6, 6.07) is 0. The highest BCUT2D eigenvalue weighted by atomic mass is 35.5. The Labute approximate surface area is 152 Å². The van der Waals surface area contributed by atoms with Crippen LogP contribution in [0.5, 0.6) is 0 Å². The van der Waals surface area contributed by atoms with E-state index in [1.807, 2.05) is 0 Å². The maximum atomic E-state index is 2.38. The first-order chi connectivity index (χ1) is 6.69. The minimum Gasteiger partial charge on any atom is -0.304 e. The molecular formula is C12H35Cl5N2. The fraction of sp³-hybridized carbons (Fsp3) is 1.00. The van der Waals surface area contributed by atoms with Gasteiger partial charge in [-0.1, -0.05) is 41.5 Å². The van der Waals surface area contributed by atoms with Crippen molar-refractivity contribution >= 4 is 62.0 Å². The fourth-order valence-electron chi connectivity index (χ4n) is 1.34. The maximum absolute atomic E-state index is 2.38. The van der Waals surface area contributed by atoms with Crippen LogP contribution in [0.4, 0.5) is 0 Å². The minimum atomic E-state index is 0. The van der Waals surface area contributed by atoms with Crippen LogP contribution in [0, 0.1) is 0 Å². The smallest absolute Gasteiger partial charge is 0.00474 e. The van der Waals surface area contributed by atoms with E-state index in [-0.39, 0.29) is 62.0 Å². The lowest BCUT2D eigenvalue weighted by atomic mass is 10.5. The molecule has 0 fully saturated rings. The topological polar surface area (TPSA) is 6.48 Å². The molecule has 0 aromatic heterocycles. The van der Waals surface area contributed by atoms with Crippen molar-refractivity contribution in [1.82, 2.24) is 9.80 Å². The molecule has 0 spiro atoms. The summed E-state index contributed by atoms with van der Waals surface area (Å²) in [6.07, 6.45) is 0. The lowest BCUT2D eigenvalue weighted by molar-refractivity contribution is 0.321. The zero-order valence-corrected chi connectivity index (χ0v) is 17.3. The van der Waals surface area contributed by atoms with Crippen LogP contribution >= 0.6 is 62.0 Å². The minimum absolute atomic E-state index is 0. The molecule has 0 saturated carbocycles. The molecule has 19 heavy (non-hydrogen) atoms. The van der Waals surface area contributed by atoms with Gasteiger partial charge in [0, 0.05) is 0 Å². The number of hydrogen-bond acceptors (Lipinski definition) is 2. The van der Waals surface area contributed by atoms with Crippen LogP contribution in [-0.4, -0.2) is 49.1 Å². The van der Waals surface area contributed by atoms with Crippen LogP contribution < -0.4 is 0 Å². The number of rotatable bonds is 6. The summed E-state index contributed by atoms with van der Waals surface area (Å²) < 4.78 is 0. The highest BCUT2D eigenvalue weighted by Gasteiger charge is 1.89. The van der Waals surface area contributed by atoms with Crippen LogP contribution in [0.3, 0.4) is 0 Å². The van der Waals surface area contributed by atoms with Gasteiger partial charge in [0.1, 0.15) is 0 Å². The predicted octanol–water partition coefficient (Wildman–Crippen LogP) is 4.81. The van der Waals surface area contributed by atoms with Crippen molar-refractivity contribution < 1.29 is 0 Å². The summed E-state index contributed by atoms with van der Waals surface area (Å²) in [5.74, 6) is 0. The summed E-state index contributed by atoms with van der Waals surface area (Å²) >= 11 is 0. The molecule has 0 aromatic rings. The Bertz CT molecular complexity index is 79.1. The van der Waals surface area contributed by atoms with E-state index in [9.17, 15) is 0 Å². The Morgan fingerprint density at radius 3 is 0.474 bits per heavy atom. The van der Waals surface area contributed by atoms with Gasteiger partial charge in [-0.05, 0) is 39.3 Å². The molecule has 0 saturated heterocycles. The third kappa shape index (κ3) is 32.7. The van der Waals surface area contributed by atoms with Gasteiger partial charge in [0.2, 0.25) is 0 Å². The first-order valence-electron chi connectivity index (χ1n) is 6.14. The highest BCUT2D eigenvalue weighted by molar-refractivity contribution is 5.86. The van der Waals surface area contributed by atoms with Gasteiger partial charge in [0.15, 0.2) is 0 Å². The van der Waals surface area contributed by atoms with Crippen LogP contribution in [0.25, 0.3) is 0 Å². The first kappa shape index (κ1) is 42.8. The van der Waals surface area contributed by atoms with Gasteiger partial charge in [-0.2, -0.15) is 0 Å². The van der Waals surface area contributed by atoms with E-state index in [2.05, 4.69) is 51.3 Å². The van der Waals surface area contributed by atoms with Gasteiger partial charge in [0.25, 0.3) is 0 Å². The molecule has 0 aliphatic rings. The standard InChI is InChI=1S/2C6H15N.5ClH/c2*1-4-7(5-2)6-3;;;;;/h2*4-6H2,1-3H3;5*1H. The van der Waals surface area contributed by atoms with Crippen LogP contribution in [0.1, 0.15) is 41.5 Å². The third-order valence-corrected chi connectivity index (χ3v) is 2.68. The molecule has 128 valence electrons. The average Bonchev–Trinajstić information content (AvgIpc) is 2.24. The van der Waals surface area contributed by atoms with Crippen molar-refractivity contribution in [2.24, 2.45) is 0 Å². The molecule has 0 unspecified atom stereocenters. The summed E-state index contributed by atoms with van der Waals surface area (Å²) in [5.41, 5.74) is 0. The maximum Gasteiger partial charge on any atom is -0.00474 e. The second kappa shape index (κ2) is 36.6. The molecule has 0 atom stereocenters. The Hall–Kier alpha value is 1.37. The van der Waals surface area contributed by atoms with Gasteiger partial charge in [-0.15, -0.1) is 62.0 Å². The normalized spacial score (nSPS) is 7.58. The van der Waals surface area contributed by atoms with Crippen molar-refractivity contribution in [2.75, 3.05) is 39.3 Å². The van der Waals surface area contributed by atoms with Crippen molar-refractivity contribution in [3.05, 3.63) is 0 Å². The second-order valence-corrected chi connectivity index (χ2v) is 3.24. The quantitative estimate of drug-likeness (QED) is 0.649. The van der Waals surface area contributed by atoms with Crippen LogP contribution in [0.15, 0.2) is 0 Å². The van der Waals surface area contributed by atoms with Crippen LogP contribution in [-0.2, 0) is 0 Å². The van der Waals surface area contributed by atoms with Gasteiger partial charge < -0.3 is 9.80 Å². The molecule has 0 heterocycles. The molecule has 0 aliphatic carbocycles. The van der Waals surface area contributed by atoms with Gasteiger partial charge in [-0.3, -0.25) is 0 Å². The molecule has 0 rings (SSSR count). The number of halogens is 5. The molecule has 0 amide bonds. The molecule has 0 aliphatic heterocycles. The number of nitrogens with zero attached hydrogens (tertiary/aromatic N) is 2. The Morgan fingerprint density at radius 2 is 0.474 bits per heavy atom. The molecular weight excluding hydrogens is 349 g/mol. The first-order valence-corrected chi connectivity index (χ1v) is 6.14. The molecule has 0 N–H and O–H groups in total. The second-order valence-electron chi connectivity index (χ2n) is 3.24. The molecule has 0 radical (unpaired) electrons. The van der Waals surface area contributed by atoms with E-state index >= 15 is 0 Å². The average molecular weight is 385 g/mol. The van der Waals surface area contributed by atoms with E-state index in [0.717, 1.165) is 0 Å². The highest BCUT2D eigenvalue weighted by Crippen LogP contribution is 1.82. The Balaban J connectivity index is -0.0000000240. The van der Waals surface area contributed by atoms with Crippen molar-refractivity contribution in [2.45, 2.75) is 41.5 Å². The largest absolute Gasteiger partial charge is 0.304 e. The van der Waals surface area contributed by atoms with Crippen molar-refractivity contribution in [3.63, 3.8) is 0 Å². The summed E-state index contributed by atoms with van der Waals surface area (Å²) in [5, 5.41) is 0. The lowest BCUT2D eigenvalue weighted by Gasteiger charge is -2.13. The zero-order valence-electron chi connectivity index (χ0n) is 13.2. The van der Waals surface area contributed by atoms with Crippen molar-refractivity contribution in [3.8, 4) is 0 Å². The van der Waals surface area contributed by atoms with E-state index in [1.165, 1.54) is 39.3 Å². The van der Waals surface area contributed by atoms with Crippen molar-refractivity contribution in [1.29, 1.82) is 0 Å². The molecule has 2 nitrogen and oxygen atoms in total. The predicted molar refractivity (Wildman–Crippen MR) is 103 cm³/mol. The Kier molecular flexibility index (Phi) is 82.3. The Morgan fingerprint density at radius 1 is 0.368 bits per heavy atom. The number of hydrogen-bond donors (Lipinski definition) is 0. The molecule has 7 heteroatoms. The monoisotopic (exact) mass is 382 g/mol. The lowest BCUT2D eigenvalue weighted by Crippen LogP contribution is -2.21. The van der Waals surface area contributed by atoms with E-state index in [1.54, 1.807) is 0 Å². The van der Waals surface area contributed by atoms with Gasteiger partial charge in [-0.25, -0.2) is 0 Å². The van der Waals surface area contributed by atoms with E-state index in [0.29, 0.717) is 0 Å². The SMILES string of the molecule is CCN(CC)CC.CCN(CC)CC.Cl.Cl.Cl.Cl.Cl. The fourth-order valence-corrected chi connectivity index (χ4v) is 1.34. The van der Waals surface area contributed by atoms with Crippen LogP contribution in [0.2, 0.25) is 0 Å². The van der Waals surface area contributed by atoms with Gasteiger partial charge in [0.05, 0.1) is 0 Å². The summed E-state index contributed by atoms with van der Waals surface area (Å²) in [6.45, 7) is 20.2.